The van der Waals surface area contributed by atoms with Gasteiger partial charge in [-0.25, -0.2) is 0 Å². The van der Waals surface area contributed by atoms with Gasteiger partial charge in [0.15, 0.2) is 0 Å². The van der Waals surface area contributed by atoms with Crippen LogP contribution in [0.1, 0.15) is 29.9 Å². The maximum Gasteiger partial charge on any atom is -0.00171 e. The molecule has 1 saturated carbocycles. The van der Waals surface area contributed by atoms with E-state index in [0.29, 0.717) is 0 Å². The fourth-order valence-corrected chi connectivity index (χ4v) is 3.46. The molecule has 2 atom stereocenters. The van der Waals surface area contributed by atoms with Gasteiger partial charge in [0.2, 0.25) is 0 Å². The molecule has 1 aromatic rings. The minimum atomic E-state index is 0. The van der Waals surface area contributed by atoms with Crippen LogP contribution in [0.5, 0.6) is 0 Å². The zero-order valence-electron chi connectivity index (χ0n) is 9.78. The standard InChI is InChI=1S/C14H19N.ClH/c1-10-4-2-3-5-14(10)11-6-12-8-15-9-13(12)7-11;/h2-5,11-13,15H,6-9H2,1H3;1H/t12-,13-;/m0./s1. The summed E-state index contributed by atoms with van der Waals surface area (Å²) in [5, 5.41) is 3.51. The summed E-state index contributed by atoms with van der Waals surface area (Å²) in [6.45, 7) is 4.77. The van der Waals surface area contributed by atoms with Gasteiger partial charge in [-0.2, -0.15) is 0 Å². The van der Waals surface area contributed by atoms with Crippen molar-refractivity contribution in [2.24, 2.45) is 11.8 Å². The quantitative estimate of drug-likeness (QED) is 0.792. The molecule has 0 spiro atoms. The summed E-state index contributed by atoms with van der Waals surface area (Å²) in [6.07, 6.45) is 2.81. The predicted molar refractivity (Wildman–Crippen MR) is 70.3 cm³/mol. The van der Waals surface area contributed by atoms with Gasteiger partial charge in [-0.15, -0.1) is 12.4 Å². The van der Waals surface area contributed by atoms with Crippen molar-refractivity contribution in [3.05, 3.63) is 35.4 Å². The average molecular weight is 238 g/mol. The highest BCUT2D eigenvalue weighted by atomic mass is 35.5. The summed E-state index contributed by atoms with van der Waals surface area (Å²) in [4.78, 5) is 0. The molecule has 2 heteroatoms. The van der Waals surface area contributed by atoms with Gasteiger partial charge >= 0.3 is 0 Å². The van der Waals surface area contributed by atoms with Crippen LogP contribution in [0.3, 0.4) is 0 Å². The second kappa shape index (κ2) is 4.77. The summed E-state index contributed by atoms with van der Waals surface area (Å²) in [6, 6.07) is 8.92. The van der Waals surface area contributed by atoms with Gasteiger partial charge in [0.25, 0.3) is 0 Å². The number of hydrogen-bond acceptors (Lipinski definition) is 1. The summed E-state index contributed by atoms with van der Waals surface area (Å²) < 4.78 is 0. The first-order chi connectivity index (χ1) is 7.34. The first-order valence-electron chi connectivity index (χ1n) is 6.11. The van der Waals surface area contributed by atoms with E-state index in [4.69, 9.17) is 0 Å². The van der Waals surface area contributed by atoms with Crippen LogP contribution in [-0.4, -0.2) is 13.1 Å². The van der Waals surface area contributed by atoms with Crippen molar-refractivity contribution in [2.45, 2.75) is 25.7 Å². The van der Waals surface area contributed by atoms with E-state index in [-0.39, 0.29) is 12.4 Å². The highest BCUT2D eigenvalue weighted by Gasteiger charge is 2.37. The Morgan fingerprint density at radius 1 is 1.06 bits per heavy atom. The Bertz CT molecular complexity index is 352. The van der Waals surface area contributed by atoms with Gasteiger partial charge in [0.1, 0.15) is 0 Å². The lowest BCUT2D eigenvalue weighted by atomic mass is 9.92. The van der Waals surface area contributed by atoms with Gasteiger partial charge in [-0.05, 0) is 61.7 Å². The van der Waals surface area contributed by atoms with Crippen LogP contribution in [-0.2, 0) is 0 Å². The Balaban J connectivity index is 0.000000963. The molecule has 1 aliphatic carbocycles. The van der Waals surface area contributed by atoms with E-state index in [1.165, 1.54) is 31.5 Å². The van der Waals surface area contributed by atoms with Gasteiger partial charge < -0.3 is 5.32 Å². The molecule has 88 valence electrons. The molecule has 0 radical (unpaired) electrons. The summed E-state index contributed by atoms with van der Waals surface area (Å²) in [5.74, 6) is 2.74. The first-order valence-corrected chi connectivity index (χ1v) is 6.11. The van der Waals surface area contributed by atoms with Crippen LogP contribution >= 0.6 is 12.4 Å². The van der Waals surface area contributed by atoms with Crippen molar-refractivity contribution in [2.75, 3.05) is 13.1 Å². The third kappa shape index (κ3) is 1.99. The first kappa shape index (κ1) is 11.9. The van der Waals surface area contributed by atoms with Crippen molar-refractivity contribution in [3.8, 4) is 0 Å². The fourth-order valence-electron chi connectivity index (χ4n) is 3.46. The monoisotopic (exact) mass is 237 g/mol. The Morgan fingerprint density at radius 3 is 2.31 bits per heavy atom. The molecule has 2 fully saturated rings. The number of rotatable bonds is 1. The number of hydrogen-bond donors (Lipinski definition) is 1. The van der Waals surface area contributed by atoms with Gasteiger partial charge in [-0.1, -0.05) is 24.3 Å². The smallest absolute Gasteiger partial charge is 0.00171 e. The van der Waals surface area contributed by atoms with Gasteiger partial charge in [0, 0.05) is 0 Å². The molecule has 2 aliphatic rings. The largest absolute Gasteiger partial charge is 0.316 e. The van der Waals surface area contributed by atoms with Gasteiger partial charge in [0.05, 0.1) is 0 Å². The van der Waals surface area contributed by atoms with Crippen LogP contribution in [0.4, 0.5) is 0 Å². The van der Waals surface area contributed by atoms with Crippen LogP contribution in [0.15, 0.2) is 24.3 Å². The number of fused-ring (bicyclic) bond motifs is 1. The molecule has 1 aliphatic heterocycles. The zero-order valence-corrected chi connectivity index (χ0v) is 10.6. The van der Waals surface area contributed by atoms with E-state index in [9.17, 15) is 0 Å². The Kier molecular flexibility index (Phi) is 3.56. The predicted octanol–water partition coefficient (Wildman–Crippen LogP) is 3.13. The SMILES string of the molecule is Cc1ccccc1C1C[C@H]2CNC[C@@H]2C1.Cl. The number of benzene rings is 1. The van der Waals surface area contributed by atoms with E-state index < -0.39 is 0 Å². The summed E-state index contributed by atoms with van der Waals surface area (Å²) in [7, 11) is 0. The fraction of sp³-hybridized carbons (Fsp3) is 0.571. The third-order valence-corrected chi connectivity index (χ3v) is 4.28. The Hall–Kier alpha value is -0.530. The molecular weight excluding hydrogens is 218 g/mol. The van der Waals surface area contributed by atoms with Crippen LogP contribution < -0.4 is 5.32 Å². The lowest BCUT2D eigenvalue weighted by molar-refractivity contribution is 0.494. The molecule has 1 aromatic carbocycles. The lowest BCUT2D eigenvalue weighted by Gasteiger charge is -2.14. The molecule has 1 saturated heterocycles. The van der Waals surface area contributed by atoms with Crippen molar-refractivity contribution in [1.29, 1.82) is 0 Å². The maximum absolute atomic E-state index is 3.51. The Labute approximate surface area is 104 Å². The highest BCUT2D eigenvalue weighted by molar-refractivity contribution is 5.85. The molecule has 0 bridgehead atoms. The molecule has 1 heterocycles. The molecule has 1 nitrogen and oxygen atoms in total. The van der Waals surface area contributed by atoms with E-state index >= 15 is 0 Å². The normalized spacial score (nSPS) is 28.8. The van der Waals surface area contributed by atoms with Crippen molar-refractivity contribution in [3.63, 3.8) is 0 Å². The molecule has 0 amide bonds. The zero-order chi connectivity index (χ0) is 10.3. The third-order valence-electron chi connectivity index (χ3n) is 4.28. The maximum atomic E-state index is 3.51. The average Bonchev–Trinajstić information content (AvgIpc) is 2.77. The molecule has 16 heavy (non-hydrogen) atoms. The molecule has 0 aromatic heterocycles. The van der Waals surface area contributed by atoms with Crippen LogP contribution in [0, 0.1) is 18.8 Å². The van der Waals surface area contributed by atoms with E-state index in [0.717, 1.165) is 17.8 Å². The molecular formula is C14H20ClN. The topological polar surface area (TPSA) is 12.0 Å². The van der Waals surface area contributed by atoms with Gasteiger partial charge in [-0.3, -0.25) is 0 Å². The second-order valence-corrected chi connectivity index (χ2v) is 5.20. The Morgan fingerprint density at radius 2 is 1.69 bits per heavy atom. The summed E-state index contributed by atoms with van der Waals surface area (Å²) >= 11 is 0. The number of aryl methyl sites for hydroxylation is 1. The summed E-state index contributed by atoms with van der Waals surface area (Å²) in [5.41, 5.74) is 3.09. The van der Waals surface area contributed by atoms with E-state index in [1.807, 2.05) is 0 Å². The minimum absolute atomic E-state index is 0. The van der Waals surface area contributed by atoms with Crippen molar-refractivity contribution >= 4 is 12.4 Å². The van der Waals surface area contributed by atoms with E-state index in [2.05, 4.69) is 36.5 Å². The minimum Gasteiger partial charge on any atom is -0.316 e. The lowest BCUT2D eigenvalue weighted by Crippen LogP contribution is -2.11. The van der Waals surface area contributed by atoms with Crippen LogP contribution in [0.25, 0.3) is 0 Å². The van der Waals surface area contributed by atoms with Crippen molar-refractivity contribution < 1.29 is 0 Å². The van der Waals surface area contributed by atoms with Crippen LogP contribution in [0.2, 0.25) is 0 Å². The van der Waals surface area contributed by atoms with E-state index in [1.54, 1.807) is 5.56 Å². The molecule has 3 rings (SSSR count). The number of halogens is 1. The number of nitrogens with one attached hydrogen (secondary N) is 1. The highest BCUT2D eigenvalue weighted by Crippen LogP contribution is 2.44. The molecule has 0 unspecified atom stereocenters. The molecule has 1 N–H and O–H groups in total. The second-order valence-electron chi connectivity index (χ2n) is 5.20. The van der Waals surface area contributed by atoms with Crippen molar-refractivity contribution in [1.82, 2.24) is 5.32 Å².